The molecule has 5 nitrogen and oxygen atoms in total. The highest BCUT2D eigenvalue weighted by atomic mass is 16.6. The van der Waals surface area contributed by atoms with Gasteiger partial charge in [-0.15, -0.1) is 0 Å². The number of rotatable bonds is 8. The van der Waals surface area contributed by atoms with Crippen molar-refractivity contribution in [1.82, 2.24) is 4.90 Å². The maximum atomic E-state index is 12.4. The number of carbonyl (C=O) groups excluding carboxylic acids is 1. The van der Waals surface area contributed by atoms with Gasteiger partial charge in [0.15, 0.2) is 0 Å². The molecule has 0 radical (unpaired) electrons. The Bertz CT molecular complexity index is 538. The fourth-order valence-corrected chi connectivity index (χ4v) is 2.42. The normalized spacial score (nSPS) is 12.8. The summed E-state index contributed by atoms with van der Waals surface area (Å²) in [6.07, 6.45) is -0.290. The molecule has 1 unspecified atom stereocenters. The van der Waals surface area contributed by atoms with Gasteiger partial charge in [-0.1, -0.05) is 32.0 Å². The average Bonchev–Trinajstić information content (AvgIpc) is 2.51. The van der Waals surface area contributed by atoms with Crippen LogP contribution in [0, 0.1) is 5.92 Å². The molecule has 0 saturated heterocycles. The number of benzene rings is 1. The number of para-hydroxylation sites is 1. The first kappa shape index (κ1) is 21.3. The van der Waals surface area contributed by atoms with Crippen molar-refractivity contribution < 1.29 is 14.3 Å². The maximum Gasteiger partial charge on any atom is 0.410 e. The number of hydrogen-bond donors (Lipinski definition) is 1. The summed E-state index contributed by atoms with van der Waals surface area (Å²) in [5.41, 5.74) is 1.60. The molecule has 0 spiro atoms. The van der Waals surface area contributed by atoms with Gasteiger partial charge in [-0.05, 0) is 45.2 Å². The highest BCUT2D eigenvalue weighted by Gasteiger charge is 2.22. The number of methoxy groups -OCH3 is 1. The average molecular weight is 351 g/mol. The lowest BCUT2D eigenvalue weighted by Gasteiger charge is -2.28. The third kappa shape index (κ3) is 7.34. The number of amides is 1. The second-order valence-corrected chi connectivity index (χ2v) is 7.60. The van der Waals surface area contributed by atoms with Crippen molar-refractivity contribution in [2.75, 3.05) is 25.6 Å². The SMILES string of the molecule is CCN(Cc1ccccc1NC(COC)C(C)C)C(=O)OC(C)(C)C. The van der Waals surface area contributed by atoms with Crippen LogP contribution < -0.4 is 5.32 Å². The van der Waals surface area contributed by atoms with Gasteiger partial charge < -0.3 is 19.7 Å². The zero-order valence-electron chi connectivity index (χ0n) is 16.8. The molecule has 0 aromatic heterocycles. The van der Waals surface area contributed by atoms with Crippen LogP contribution in [-0.2, 0) is 16.0 Å². The molecule has 5 heteroatoms. The molecule has 0 bridgehead atoms. The smallest absolute Gasteiger partial charge is 0.410 e. The van der Waals surface area contributed by atoms with Crippen LogP contribution in [0.1, 0.15) is 47.1 Å². The predicted octanol–water partition coefficient (Wildman–Crippen LogP) is 4.53. The molecule has 0 heterocycles. The highest BCUT2D eigenvalue weighted by molar-refractivity contribution is 5.68. The molecular formula is C20H34N2O3. The van der Waals surface area contributed by atoms with Gasteiger partial charge in [0.2, 0.25) is 0 Å². The largest absolute Gasteiger partial charge is 0.444 e. The fourth-order valence-electron chi connectivity index (χ4n) is 2.42. The van der Waals surface area contributed by atoms with E-state index in [0.717, 1.165) is 11.3 Å². The summed E-state index contributed by atoms with van der Waals surface area (Å²) >= 11 is 0. The van der Waals surface area contributed by atoms with E-state index in [2.05, 4.69) is 19.2 Å². The third-order valence-corrected chi connectivity index (χ3v) is 3.90. The topological polar surface area (TPSA) is 50.8 Å². The number of carbonyl (C=O) groups is 1. The van der Waals surface area contributed by atoms with Crippen molar-refractivity contribution >= 4 is 11.8 Å². The van der Waals surface area contributed by atoms with Crippen LogP contribution in [-0.4, -0.2) is 42.9 Å². The molecule has 0 aliphatic heterocycles. The molecule has 0 fully saturated rings. The van der Waals surface area contributed by atoms with E-state index in [0.29, 0.717) is 25.6 Å². The van der Waals surface area contributed by atoms with Crippen LogP contribution in [0.25, 0.3) is 0 Å². The second-order valence-electron chi connectivity index (χ2n) is 7.60. The Morgan fingerprint density at radius 2 is 1.88 bits per heavy atom. The Kier molecular flexibility index (Phi) is 8.23. The molecule has 0 aliphatic carbocycles. The van der Waals surface area contributed by atoms with Gasteiger partial charge in [-0.25, -0.2) is 4.79 Å². The molecule has 1 aromatic carbocycles. The zero-order chi connectivity index (χ0) is 19.0. The molecule has 1 N–H and O–H groups in total. The molecule has 0 saturated carbocycles. The van der Waals surface area contributed by atoms with Gasteiger partial charge >= 0.3 is 6.09 Å². The Morgan fingerprint density at radius 1 is 1.24 bits per heavy atom. The van der Waals surface area contributed by atoms with Gasteiger partial charge in [-0.3, -0.25) is 0 Å². The van der Waals surface area contributed by atoms with Crippen molar-refractivity contribution in [3.8, 4) is 0 Å². The minimum atomic E-state index is -0.497. The van der Waals surface area contributed by atoms with E-state index in [4.69, 9.17) is 9.47 Å². The number of nitrogens with zero attached hydrogens (tertiary/aromatic N) is 1. The summed E-state index contributed by atoms with van der Waals surface area (Å²) in [7, 11) is 1.71. The summed E-state index contributed by atoms with van der Waals surface area (Å²) in [6.45, 7) is 13.7. The first-order valence-corrected chi connectivity index (χ1v) is 8.99. The summed E-state index contributed by atoms with van der Waals surface area (Å²) < 4.78 is 10.8. The Hall–Kier alpha value is -1.75. The van der Waals surface area contributed by atoms with E-state index in [-0.39, 0.29) is 12.1 Å². The lowest BCUT2D eigenvalue weighted by molar-refractivity contribution is 0.0245. The molecule has 142 valence electrons. The van der Waals surface area contributed by atoms with Crippen molar-refractivity contribution in [3.63, 3.8) is 0 Å². The molecule has 1 aromatic rings. The summed E-state index contributed by atoms with van der Waals surface area (Å²) in [6, 6.07) is 8.29. The third-order valence-electron chi connectivity index (χ3n) is 3.90. The van der Waals surface area contributed by atoms with Gasteiger partial charge in [0.25, 0.3) is 0 Å². The van der Waals surface area contributed by atoms with Crippen molar-refractivity contribution in [2.45, 2.75) is 59.7 Å². The maximum absolute atomic E-state index is 12.4. The Morgan fingerprint density at radius 3 is 2.40 bits per heavy atom. The van der Waals surface area contributed by atoms with E-state index in [1.165, 1.54) is 0 Å². The van der Waals surface area contributed by atoms with E-state index in [1.54, 1.807) is 12.0 Å². The predicted molar refractivity (Wildman–Crippen MR) is 103 cm³/mol. The standard InChI is InChI=1S/C20H34N2O3/c1-8-22(19(23)25-20(4,5)6)13-16-11-9-10-12-17(16)21-18(14-24-7)15(2)3/h9-12,15,18,21H,8,13-14H2,1-7H3. The molecular weight excluding hydrogens is 316 g/mol. The van der Waals surface area contributed by atoms with Gasteiger partial charge in [0.1, 0.15) is 5.60 Å². The fraction of sp³-hybridized carbons (Fsp3) is 0.650. The van der Waals surface area contributed by atoms with Crippen LogP contribution in [0.4, 0.5) is 10.5 Å². The quantitative estimate of drug-likeness (QED) is 0.748. The summed E-state index contributed by atoms with van der Waals surface area (Å²) in [4.78, 5) is 14.1. The van der Waals surface area contributed by atoms with E-state index in [1.807, 2.05) is 52.0 Å². The van der Waals surface area contributed by atoms with E-state index >= 15 is 0 Å². The van der Waals surface area contributed by atoms with Crippen LogP contribution in [0.15, 0.2) is 24.3 Å². The number of hydrogen-bond acceptors (Lipinski definition) is 4. The number of anilines is 1. The first-order chi connectivity index (χ1) is 11.7. The van der Waals surface area contributed by atoms with Gasteiger partial charge in [-0.2, -0.15) is 0 Å². The molecule has 1 amide bonds. The Labute approximate surface area is 152 Å². The second kappa shape index (κ2) is 9.66. The Balaban J connectivity index is 2.92. The highest BCUT2D eigenvalue weighted by Crippen LogP contribution is 2.21. The summed E-state index contributed by atoms with van der Waals surface area (Å²) in [5, 5.41) is 3.56. The van der Waals surface area contributed by atoms with Gasteiger partial charge in [0, 0.05) is 19.3 Å². The lowest BCUT2D eigenvalue weighted by Crippen LogP contribution is -2.37. The van der Waals surface area contributed by atoms with Crippen LogP contribution in [0.3, 0.4) is 0 Å². The van der Waals surface area contributed by atoms with Crippen molar-refractivity contribution in [2.24, 2.45) is 5.92 Å². The molecule has 25 heavy (non-hydrogen) atoms. The van der Waals surface area contributed by atoms with Crippen molar-refractivity contribution in [3.05, 3.63) is 29.8 Å². The minimum Gasteiger partial charge on any atom is -0.444 e. The van der Waals surface area contributed by atoms with E-state index in [9.17, 15) is 4.79 Å². The van der Waals surface area contributed by atoms with E-state index < -0.39 is 5.60 Å². The van der Waals surface area contributed by atoms with Crippen molar-refractivity contribution in [1.29, 1.82) is 0 Å². The number of nitrogens with one attached hydrogen (secondary N) is 1. The molecule has 1 rings (SSSR count). The zero-order valence-corrected chi connectivity index (χ0v) is 16.8. The number of ether oxygens (including phenoxy) is 2. The molecule has 1 atom stereocenters. The minimum absolute atomic E-state index is 0.211. The lowest BCUT2D eigenvalue weighted by atomic mass is 10.0. The van der Waals surface area contributed by atoms with Crippen LogP contribution in [0.5, 0.6) is 0 Å². The summed E-state index contributed by atoms with van der Waals surface area (Å²) in [5.74, 6) is 0.432. The van der Waals surface area contributed by atoms with Crippen LogP contribution in [0.2, 0.25) is 0 Å². The van der Waals surface area contributed by atoms with Crippen LogP contribution >= 0.6 is 0 Å². The first-order valence-electron chi connectivity index (χ1n) is 8.99. The monoisotopic (exact) mass is 350 g/mol. The van der Waals surface area contributed by atoms with Gasteiger partial charge in [0.05, 0.1) is 19.2 Å². The molecule has 0 aliphatic rings.